The van der Waals surface area contributed by atoms with Crippen LogP contribution in [0.15, 0.2) is 18.2 Å². The van der Waals surface area contributed by atoms with Crippen LogP contribution in [0.4, 0.5) is 13.2 Å². The zero-order valence-corrected chi connectivity index (χ0v) is 13.1. The van der Waals surface area contributed by atoms with Gasteiger partial charge in [0.15, 0.2) is 11.5 Å². The Kier molecular flexibility index (Phi) is 5.81. The average Bonchev–Trinajstić information content (AvgIpc) is 2.33. The standard InChI is InChI=1S/C10H9F3INO5S/c11-10(12,13)21(18,19)15-5-4-8(16)20-7-3-1-2-6(14)9(7)17/h1-3,15,17H,4-5H2. The van der Waals surface area contributed by atoms with Gasteiger partial charge in [0, 0.05) is 6.54 Å². The Morgan fingerprint density at radius 3 is 2.57 bits per heavy atom. The van der Waals surface area contributed by atoms with E-state index in [0.717, 1.165) is 0 Å². The van der Waals surface area contributed by atoms with Crippen LogP contribution >= 0.6 is 22.6 Å². The predicted molar refractivity (Wildman–Crippen MR) is 74.1 cm³/mol. The number of carbonyl (C=O) groups is 1. The number of nitrogens with one attached hydrogen (secondary N) is 1. The number of hydrogen-bond donors (Lipinski definition) is 2. The maximum Gasteiger partial charge on any atom is 0.511 e. The van der Waals surface area contributed by atoms with Gasteiger partial charge in [-0.3, -0.25) is 4.79 Å². The first-order valence-corrected chi connectivity index (χ1v) is 7.85. The molecule has 0 aliphatic rings. The third-order valence-electron chi connectivity index (χ3n) is 2.10. The minimum Gasteiger partial charge on any atom is -0.504 e. The molecule has 118 valence electrons. The SMILES string of the molecule is O=C(CCNS(=O)(=O)C(F)(F)F)Oc1cccc(I)c1O. The lowest BCUT2D eigenvalue weighted by Gasteiger charge is -2.10. The molecule has 1 rings (SSSR count). The molecule has 0 heterocycles. The van der Waals surface area contributed by atoms with Crippen LogP contribution in [0.25, 0.3) is 0 Å². The number of alkyl halides is 3. The molecule has 0 aromatic heterocycles. The number of phenolic OH excluding ortho intramolecular Hbond substituents is 1. The van der Waals surface area contributed by atoms with Crippen molar-refractivity contribution in [1.82, 2.24) is 4.72 Å². The van der Waals surface area contributed by atoms with Gasteiger partial charge in [0.1, 0.15) is 0 Å². The van der Waals surface area contributed by atoms with Crippen LogP contribution in [0.1, 0.15) is 6.42 Å². The van der Waals surface area contributed by atoms with Crippen molar-refractivity contribution in [3.63, 3.8) is 0 Å². The summed E-state index contributed by atoms with van der Waals surface area (Å²) in [6.07, 6.45) is -0.625. The highest BCUT2D eigenvalue weighted by Crippen LogP contribution is 2.30. The lowest BCUT2D eigenvalue weighted by Crippen LogP contribution is -2.37. The summed E-state index contributed by atoms with van der Waals surface area (Å²) in [4.78, 5) is 11.4. The van der Waals surface area contributed by atoms with Crippen LogP contribution in [0, 0.1) is 3.57 Å². The first kappa shape index (κ1) is 18.0. The third-order valence-corrected chi connectivity index (χ3v) is 4.16. The van der Waals surface area contributed by atoms with E-state index >= 15 is 0 Å². The molecule has 6 nitrogen and oxygen atoms in total. The Labute approximate surface area is 131 Å². The monoisotopic (exact) mass is 439 g/mol. The van der Waals surface area contributed by atoms with E-state index in [0.29, 0.717) is 3.57 Å². The van der Waals surface area contributed by atoms with Gasteiger partial charge in [-0.15, -0.1) is 0 Å². The maximum atomic E-state index is 12.0. The maximum absolute atomic E-state index is 12.0. The zero-order valence-electron chi connectivity index (χ0n) is 10.1. The van der Waals surface area contributed by atoms with Crippen LogP contribution in [-0.4, -0.2) is 31.5 Å². The quantitative estimate of drug-likeness (QED) is 0.415. The highest BCUT2D eigenvalue weighted by atomic mass is 127. The molecule has 0 aliphatic heterocycles. The molecule has 0 saturated carbocycles. The molecule has 0 fully saturated rings. The number of esters is 1. The van der Waals surface area contributed by atoms with Gasteiger partial charge >= 0.3 is 21.5 Å². The second-order valence-electron chi connectivity index (χ2n) is 3.65. The fraction of sp³-hybridized carbons (Fsp3) is 0.300. The van der Waals surface area contributed by atoms with Crippen molar-refractivity contribution in [2.75, 3.05) is 6.54 Å². The fourth-order valence-corrected chi connectivity index (χ4v) is 2.13. The molecule has 1 aromatic carbocycles. The number of sulfonamides is 1. The number of carbonyl (C=O) groups excluding carboxylic acids is 1. The summed E-state index contributed by atoms with van der Waals surface area (Å²) in [7, 11) is -5.49. The van der Waals surface area contributed by atoms with Crippen molar-refractivity contribution in [3.05, 3.63) is 21.8 Å². The highest BCUT2D eigenvalue weighted by molar-refractivity contribution is 14.1. The molecular formula is C10H9F3INO5S. The lowest BCUT2D eigenvalue weighted by atomic mass is 10.3. The molecule has 11 heteroatoms. The number of ether oxygens (including phenoxy) is 1. The van der Waals surface area contributed by atoms with Gasteiger partial charge in [-0.1, -0.05) is 6.07 Å². The second kappa shape index (κ2) is 6.79. The summed E-state index contributed by atoms with van der Waals surface area (Å²) in [6.45, 7) is -0.772. The van der Waals surface area contributed by atoms with Crippen molar-refractivity contribution < 1.29 is 36.2 Å². The first-order chi connectivity index (χ1) is 9.54. The highest BCUT2D eigenvalue weighted by Gasteiger charge is 2.45. The fourth-order valence-electron chi connectivity index (χ4n) is 1.12. The molecule has 0 saturated heterocycles. The summed E-state index contributed by atoms with van der Waals surface area (Å²) < 4.78 is 63.7. The molecule has 21 heavy (non-hydrogen) atoms. The molecule has 0 spiro atoms. The molecule has 0 amide bonds. The van der Waals surface area contributed by atoms with E-state index in [4.69, 9.17) is 4.74 Å². The zero-order chi connectivity index (χ0) is 16.3. The summed E-state index contributed by atoms with van der Waals surface area (Å²) in [5.41, 5.74) is -5.44. The van der Waals surface area contributed by atoms with Gasteiger partial charge in [0.2, 0.25) is 0 Å². The molecule has 0 atom stereocenters. The number of halogens is 4. The van der Waals surface area contributed by atoms with Gasteiger partial charge in [0.25, 0.3) is 0 Å². The van der Waals surface area contributed by atoms with E-state index < -0.39 is 34.5 Å². The molecule has 1 aromatic rings. The summed E-state index contributed by atoms with van der Waals surface area (Å²) >= 11 is 1.79. The van der Waals surface area contributed by atoms with Crippen molar-refractivity contribution >= 4 is 38.6 Å². The Morgan fingerprint density at radius 2 is 2.00 bits per heavy atom. The number of benzene rings is 1. The molecular weight excluding hydrogens is 430 g/mol. The van der Waals surface area contributed by atoms with Crippen LogP contribution in [0.5, 0.6) is 11.5 Å². The van der Waals surface area contributed by atoms with Gasteiger partial charge in [-0.2, -0.15) is 13.2 Å². The molecule has 0 bridgehead atoms. The van der Waals surface area contributed by atoms with Crippen LogP contribution < -0.4 is 9.46 Å². The van der Waals surface area contributed by atoms with Crippen LogP contribution in [-0.2, 0) is 14.8 Å². The molecule has 0 aliphatic carbocycles. The number of rotatable bonds is 5. The van der Waals surface area contributed by atoms with Crippen LogP contribution in [0.2, 0.25) is 0 Å². The third kappa shape index (κ3) is 5.00. The Morgan fingerprint density at radius 1 is 1.38 bits per heavy atom. The van der Waals surface area contributed by atoms with Crippen molar-refractivity contribution in [2.45, 2.75) is 11.9 Å². The van der Waals surface area contributed by atoms with Crippen molar-refractivity contribution in [1.29, 1.82) is 0 Å². The number of para-hydroxylation sites is 1. The number of aromatic hydroxyl groups is 1. The second-order valence-corrected chi connectivity index (χ2v) is 6.57. The van der Waals surface area contributed by atoms with E-state index in [1.165, 1.54) is 16.9 Å². The summed E-state index contributed by atoms with van der Waals surface area (Å²) in [6, 6.07) is 4.33. The molecule has 0 radical (unpaired) electrons. The lowest BCUT2D eigenvalue weighted by molar-refractivity contribution is -0.134. The van der Waals surface area contributed by atoms with E-state index in [1.54, 1.807) is 28.7 Å². The normalized spacial score (nSPS) is 12.2. The van der Waals surface area contributed by atoms with E-state index in [-0.39, 0.29) is 11.5 Å². The van der Waals surface area contributed by atoms with Gasteiger partial charge < -0.3 is 9.84 Å². The van der Waals surface area contributed by atoms with E-state index in [2.05, 4.69) is 0 Å². The number of phenols is 1. The Balaban J connectivity index is 2.55. The number of hydrogen-bond acceptors (Lipinski definition) is 5. The summed E-state index contributed by atoms with van der Waals surface area (Å²) in [5, 5.41) is 9.56. The minimum absolute atomic E-state index is 0.162. The van der Waals surface area contributed by atoms with Gasteiger partial charge in [-0.25, -0.2) is 13.1 Å². The van der Waals surface area contributed by atoms with Crippen LogP contribution in [0.3, 0.4) is 0 Å². The summed E-state index contributed by atoms with van der Waals surface area (Å²) in [5.74, 6) is -1.44. The topological polar surface area (TPSA) is 92.7 Å². The smallest absolute Gasteiger partial charge is 0.504 e. The van der Waals surface area contributed by atoms with E-state index in [1.807, 2.05) is 0 Å². The van der Waals surface area contributed by atoms with Gasteiger partial charge in [0.05, 0.1) is 9.99 Å². The Bertz CT molecular complexity index is 632. The largest absolute Gasteiger partial charge is 0.511 e. The minimum atomic E-state index is -5.49. The van der Waals surface area contributed by atoms with Gasteiger partial charge in [-0.05, 0) is 34.7 Å². The molecule has 0 unspecified atom stereocenters. The molecule has 2 N–H and O–H groups in total. The first-order valence-electron chi connectivity index (χ1n) is 5.28. The van der Waals surface area contributed by atoms with Crippen molar-refractivity contribution in [2.24, 2.45) is 0 Å². The van der Waals surface area contributed by atoms with Crippen molar-refractivity contribution in [3.8, 4) is 11.5 Å². The average molecular weight is 439 g/mol. The Hall–Kier alpha value is -1.08. The predicted octanol–water partition coefficient (Wildman–Crippen LogP) is 1.73. The van der Waals surface area contributed by atoms with E-state index in [9.17, 15) is 31.5 Å².